The number of Topliss-reactive ketones (excluding diaryl/α,β-unsaturated/α-hetero) is 1. The molecular formula is C20H18FNO5. The minimum atomic E-state index is -0.875. The second kappa shape index (κ2) is 7.11. The Kier molecular flexibility index (Phi) is 4.85. The fourth-order valence-electron chi connectivity index (χ4n) is 3.13. The first-order valence-corrected chi connectivity index (χ1v) is 8.11. The van der Waals surface area contributed by atoms with E-state index in [0.29, 0.717) is 17.1 Å². The Balaban J connectivity index is 2.23. The minimum Gasteiger partial charge on any atom is -0.507 e. The molecule has 6 nitrogen and oxygen atoms in total. The zero-order chi connectivity index (χ0) is 19.7. The van der Waals surface area contributed by atoms with Crippen molar-refractivity contribution in [3.05, 3.63) is 65.0 Å². The first-order valence-electron chi connectivity index (χ1n) is 8.11. The lowest BCUT2D eigenvalue weighted by Gasteiger charge is -2.23. The number of nitrogens with zero attached hydrogens (tertiary/aromatic N) is 1. The van der Waals surface area contributed by atoms with Crippen molar-refractivity contribution in [1.29, 1.82) is 0 Å². The summed E-state index contributed by atoms with van der Waals surface area (Å²) in [6.07, 6.45) is 0. The molecule has 3 rings (SSSR count). The van der Waals surface area contributed by atoms with E-state index in [-0.39, 0.29) is 16.9 Å². The van der Waals surface area contributed by atoms with E-state index in [0.717, 1.165) is 12.1 Å². The van der Waals surface area contributed by atoms with Gasteiger partial charge in [0, 0.05) is 18.2 Å². The molecule has 1 unspecified atom stereocenters. The fraction of sp³-hybridized carbons (Fsp3) is 0.200. The molecule has 1 aliphatic rings. The van der Waals surface area contributed by atoms with Gasteiger partial charge in [0.1, 0.15) is 23.1 Å². The number of ether oxygens (including phenoxy) is 2. The van der Waals surface area contributed by atoms with Crippen molar-refractivity contribution < 1.29 is 28.6 Å². The third-order valence-electron chi connectivity index (χ3n) is 4.52. The second-order valence-corrected chi connectivity index (χ2v) is 6.02. The van der Waals surface area contributed by atoms with Crippen LogP contribution in [0.1, 0.15) is 17.2 Å². The smallest absolute Gasteiger partial charge is 0.295 e. The van der Waals surface area contributed by atoms with Crippen LogP contribution in [0.3, 0.4) is 0 Å². The molecule has 0 spiro atoms. The number of ketones is 1. The number of likely N-dealkylation sites (tertiary alicyclic amines) is 1. The molecule has 1 fully saturated rings. The van der Waals surface area contributed by atoms with Gasteiger partial charge in [-0.25, -0.2) is 4.39 Å². The van der Waals surface area contributed by atoms with Crippen LogP contribution in [0.15, 0.2) is 48.0 Å². The molecule has 1 N–H and O–H groups in total. The van der Waals surface area contributed by atoms with Gasteiger partial charge in [0.25, 0.3) is 11.7 Å². The lowest BCUT2D eigenvalue weighted by molar-refractivity contribution is -0.139. The first-order chi connectivity index (χ1) is 12.9. The average molecular weight is 371 g/mol. The third-order valence-corrected chi connectivity index (χ3v) is 4.52. The van der Waals surface area contributed by atoms with Crippen LogP contribution >= 0.6 is 0 Å². The van der Waals surface area contributed by atoms with Gasteiger partial charge in [0.15, 0.2) is 0 Å². The minimum absolute atomic E-state index is 0.0966. The highest BCUT2D eigenvalue weighted by Gasteiger charge is 2.45. The number of rotatable bonds is 4. The van der Waals surface area contributed by atoms with E-state index in [4.69, 9.17) is 9.47 Å². The van der Waals surface area contributed by atoms with Gasteiger partial charge in [-0.2, -0.15) is 0 Å². The summed E-state index contributed by atoms with van der Waals surface area (Å²) in [7, 11) is 4.43. The molecule has 1 heterocycles. The zero-order valence-electron chi connectivity index (χ0n) is 15.0. The lowest BCUT2D eigenvalue weighted by Crippen LogP contribution is -2.25. The topological polar surface area (TPSA) is 76.1 Å². The Labute approximate surface area is 155 Å². The van der Waals surface area contributed by atoms with E-state index in [1.165, 1.54) is 38.3 Å². The fourth-order valence-corrected chi connectivity index (χ4v) is 3.13. The van der Waals surface area contributed by atoms with Crippen molar-refractivity contribution in [2.75, 3.05) is 21.3 Å². The predicted octanol–water partition coefficient (Wildman–Crippen LogP) is 2.89. The summed E-state index contributed by atoms with van der Waals surface area (Å²) in [5.41, 5.74) is 0.623. The van der Waals surface area contributed by atoms with Gasteiger partial charge in [-0.1, -0.05) is 0 Å². The number of carbonyl (C=O) groups excluding carboxylic acids is 2. The summed E-state index contributed by atoms with van der Waals surface area (Å²) in [5, 5.41) is 10.7. The van der Waals surface area contributed by atoms with E-state index in [1.54, 1.807) is 18.2 Å². The quantitative estimate of drug-likeness (QED) is 0.508. The molecule has 0 bridgehead atoms. The van der Waals surface area contributed by atoms with Gasteiger partial charge >= 0.3 is 0 Å². The second-order valence-electron chi connectivity index (χ2n) is 6.02. The van der Waals surface area contributed by atoms with Crippen LogP contribution < -0.4 is 9.47 Å². The number of hydrogen-bond acceptors (Lipinski definition) is 5. The van der Waals surface area contributed by atoms with Crippen LogP contribution in [-0.2, 0) is 9.59 Å². The maximum atomic E-state index is 13.2. The molecule has 2 aromatic carbocycles. The molecule has 0 aromatic heterocycles. The van der Waals surface area contributed by atoms with Crippen molar-refractivity contribution >= 4 is 17.4 Å². The molecule has 2 aromatic rings. The predicted molar refractivity (Wildman–Crippen MR) is 96.0 cm³/mol. The van der Waals surface area contributed by atoms with E-state index >= 15 is 0 Å². The number of aliphatic hydroxyl groups is 1. The molecule has 1 saturated heterocycles. The summed E-state index contributed by atoms with van der Waals surface area (Å²) in [5.74, 6) is -1.50. The van der Waals surface area contributed by atoms with E-state index in [1.807, 2.05) is 0 Å². The maximum absolute atomic E-state index is 13.2. The summed E-state index contributed by atoms with van der Waals surface area (Å²) in [6, 6.07) is 9.12. The number of amides is 1. The van der Waals surface area contributed by atoms with Crippen molar-refractivity contribution in [2.45, 2.75) is 6.04 Å². The van der Waals surface area contributed by atoms with Crippen LogP contribution in [0.4, 0.5) is 4.39 Å². The van der Waals surface area contributed by atoms with Gasteiger partial charge in [0.2, 0.25) is 0 Å². The highest BCUT2D eigenvalue weighted by molar-refractivity contribution is 6.46. The van der Waals surface area contributed by atoms with Crippen molar-refractivity contribution in [1.82, 2.24) is 4.90 Å². The molecule has 0 aliphatic carbocycles. The van der Waals surface area contributed by atoms with Crippen molar-refractivity contribution in [2.24, 2.45) is 0 Å². The zero-order valence-corrected chi connectivity index (χ0v) is 15.0. The monoisotopic (exact) mass is 371 g/mol. The Bertz CT molecular complexity index is 936. The number of likely N-dealkylation sites (N-methyl/N-ethyl adjacent to an activating group) is 1. The molecule has 140 valence electrons. The average Bonchev–Trinajstić information content (AvgIpc) is 2.91. The molecule has 7 heteroatoms. The molecule has 0 saturated carbocycles. The summed E-state index contributed by atoms with van der Waals surface area (Å²) < 4.78 is 23.8. The number of benzene rings is 2. The number of carbonyl (C=O) groups is 2. The highest BCUT2D eigenvalue weighted by Crippen LogP contribution is 2.42. The van der Waals surface area contributed by atoms with E-state index in [2.05, 4.69) is 0 Å². The van der Waals surface area contributed by atoms with Crippen molar-refractivity contribution in [3.63, 3.8) is 0 Å². The van der Waals surface area contributed by atoms with E-state index < -0.39 is 23.5 Å². The Hall–Kier alpha value is -3.35. The van der Waals surface area contributed by atoms with Crippen molar-refractivity contribution in [3.8, 4) is 11.5 Å². The van der Waals surface area contributed by atoms with Crippen LogP contribution in [0.5, 0.6) is 11.5 Å². The van der Waals surface area contributed by atoms with Crippen LogP contribution in [-0.4, -0.2) is 43.0 Å². The van der Waals surface area contributed by atoms with E-state index in [9.17, 15) is 19.1 Å². The SMILES string of the molecule is COc1ccc(OC)c(C2/C(=C(\O)c3ccc(F)cc3)C(=O)C(=O)N2C)c1. The number of aliphatic hydroxyl groups excluding tert-OH is 1. The van der Waals surface area contributed by atoms with Gasteiger partial charge in [-0.05, 0) is 42.5 Å². The summed E-state index contributed by atoms with van der Waals surface area (Å²) >= 11 is 0. The molecule has 1 atom stereocenters. The van der Waals surface area contributed by atoms with Crippen LogP contribution in [0, 0.1) is 5.82 Å². The largest absolute Gasteiger partial charge is 0.507 e. The summed E-state index contributed by atoms with van der Waals surface area (Å²) in [4.78, 5) is 26.2. The van der Waals surface area contributed by atoms with Gasteiger partial charge in [0.05, 0.1) is 25.8 Å². The number of methoxy groups -OCH3 is 2. The first kappa shape index (κ1) is 18.4. The van der Waals surface area contributed by atoms with Crippen LogP contribution in [0.25, 0.3) is 5.76 Å². The third kappa shape index (κ3) is 3.12. The Morgan fingerprint density at radius 2 is 1.74 bits per heavy atom. The van der Waals surface area contributed by atoms with Gasteiger partial charge in [-0.15, -0.1) is 0 Å². The molecular weight excluding hydrogens is 353 g/mol. The Morgan fingerprint density at radius 3 is 2.33 bits per heavy atom. The normalized spacial score (nSPS) is 18.7. The highest BCUT2D eigenvalue weighted by atomic mass is 19.1. The molecule has 1 amide bonds. The molecule has 1 aliphatic heterocycles. The van der Waals surface area contributed by atoms with Crippen LogP contribution in [0.2, 0.25) is 0 Å². The summed E-state index contributed by atoms with van der Waals surface area (Å²) in [6.45, 7) is 0. The lowest BCUT2D eigenvalue weighted by atomic mass is 9.94. The Morgan fingerprint density at radius 1 is 1.07 bits per heavy atom. The van der Waals surface area contributed by atoms with Gasteiger partial charge in [-0.3, -0.25) is 9.59 Å². The maximum Gasteiger partial charge on any atom is 0.295 e. The number of hydrogen-bond donors (Lipinski definition) is 1. The standard InChI is InChI=1S/C20H18FNO5/c1-22-17(14-10-13(26-2)8-9-15(14)27-3)16(19(24)20(22)25)18(23)11-4-6-12(21)7-5-11/h4-10,17,23H,1-3H3/b18-16+. The van der Waals surface area contributed by atoms with Gasteiger partial charge < -0.3 is 19.5 Å². The molecule has 0 radical (unpaired) electrons. The number of halogens is 1. The molecule has 27 heavy (non-hydrogen) atoms.